The summed E-state index contributed by atoms with van der Waals surface area (Å²) in [5, 5.41) is 0. The standard InChI is InChI=1S/C24H30O2S/c1-2-3-13-20(24-25-22-17-10-11-18-23(22)26-24)14-7-4-5-12-19-27-21-15-8-6-9-16-21/h3,6,8-11,13,15-18,20,24H,2,4-5,7,12,14,19H2,1H3. The van der Waals surface area contributed by atoms with Gasteiger partial charge in [0.15, 0.2) is 11.5 Å². The second kappa shape index (κ2) is 11.1. The quantitative estimate of drug-likeness (QED) is 0.234. The average Bonchev–Trinajstić information content (AvgIpc) is 3.14. The molecule has 1 heterocycles. The topological polar surface area (TPSA) is 18.5 Å². The smallest absolute Gasteiger partial charge is 0.247 e. The van der Waals surface area contributed by atoms with Gasteiger partial charge in [-0.1, -0.05) is 68.7 Å². The van der Waals surface area contributed by atoms with E-state index in [-0.39, 0.29) is 6.29 Å². The second-order valence-electron chi connectivity index (χ2n) is 6.92. The molecule has 0 amide bonds. The molecule has 0 radical (unpaired) electrons. The second-order valence-corrected chi connectivity index (χ2v) is 8.08. The molecular formula is C24H30O2S. The first-order valence-corrected chi connectivity index (χ1v) is 11.1. The number of hydrogen-bond donors (Lipinski definition) is 0. The Kier molecular flexibility index (Phi) is 8.16. The van der Waals surface area contributed by atoms with Gasteiger partial charge in [0.1, 0.15) is 0 Å². The minimum atomic E-state index is -0.182. The van der Waals surface area contributed by atoms with Crippen molar-refractivity contribution in [2.45, 2.75) is 56.6 Å². The fraction of sp³-hybridized carbons (Fsp3) is 0.417. The average molecular weight is 383 g/mol. The van der Waals surface area contributed by atoms with Gasteiger partial charge in [-0.3, -0.25) is 0 Å². The number of hydrogen-bond acceptors (Lipinski definition) is 3. The van der Waals surface area contributed by atoms with Gasteiger partial charge in [0, 0.05) is 4.90 Å². The fourth-order valence-corrected chi connectivity index (χ4v) is 4.20. The lowest BCUT2D eigenvalue weighted by molar-refractivity contribution is 0.00925. The number of unbranched alkanes of at least 4 members (excludes halogenated alkanes) is 3. The lowest BCUT2D eigenvalue weighted by Crippen LogP contribution is -2.27. The van der Waals surface area contributed by atoms with E-state index in [4.69, 9.17) is 9.47 Å². The van der Waals surface area contributed by atoms with E-state index in [1.165, 1.54) is 36.3 Å². The van der Waals surface area contributed by atoms with Crippen LogP contribution in [0.1, 0.15) is 45.4 Å². The summed E-state index contributed by atoms with van der Waals surface area (Å²) in [4.78, 5) is 1.37. The Labute approximate surface area is 168 Å². The molecule has 0 saturated heterocycles. The number of benzene rings is 2. The minimum absolute atomic E-state index is 0.182. The zero-order chi connectivity index (χ0) is 18.7. The Morgan fingerprint density at radius 1 is 0.889 bits per heavy atom. The van der Waals surface area contributed by atoms with Gasteiger partial charge >= 0.3 is 0 Å². The van der Waals surface area contributed by atoms with Gasteiger partial charge in [0.05, 0.1) is 5.92 Å². The fourth-order valence-electron chi connectivity index (χ4n) is 3.27. The predicted octanol–water partition coefficient (Wildman–Crippen LogP) is 7.11. The van der Waals surface area contributed by atoms with Crippen LogP contribution in [0.25, 0.3) is 0 Å². The zero-order valence-corrected chi connectivity index (χ0v) is 17.0. The van der Waals surface area contributed by atoms with Gasteiger partial charge in [0.2, 0.25) is 6.29 Å². The molecule has 0 fully saturated rings. The van der Waals surface area contributed by atoms with Crippen molar-refractivity contribution in [1.82, 2.24) is 0 Å². The molecule has 1 aliphatic rings. The summed E-state index contributed by atoms with van der Waals surface area (Å²) in [6.45, 7) is 2.17. The summed E-state index contributed by atoms with van der Waals surface area (Å²) in [7, 11) is 0. The summed E-state index contributed by atoms with van der Waals surface area (Å²) in [6.07, 6.45) is 11.5. The van der Waals surface area contributed by atoms with Crippen molar-refractivity contribution in [1.29, 1.82) is 0 Å². The van der Waals surface area contributed by atoms with Gasteiger partial charge in [-0.25, -0.2) is 0 Å². The molecule has 27 heavy (non-hydrogen) atoms. The first-order valence-electron chi connectivity index (χ1n) is 10.1. The summed E-state index contributed by atoms with van der Waals surface area (Å²) in [5.74, 6) is 3.26. The first kappa shape index (κ1) is 19.9. The van der Waals surface area contributed by atoms with Crippen molar-refractivity contribution >= 4 is 11.8 Å². The summed E-state index contributed by atoms with van der Waals surface area (Å²) in [5.41, 5.74) is 0. The van der Waals surface area contributed by atoms with Crippen LogP contribution >= 0.6 is 11.8 Å². The van der Waals surface area contributed by atoms with E-state index in [0.29, 0.717) is 5.92 Å². The Balaban J connectivity index is 1.36. The summed E-state index contributed by atoms with van der Waals surface area (Å²) < 4.78 is 12.1. The third-order valence-corrected chi connectivity index (χ3v) is 5.85. The Morgan fingerprint density at radius 3 is 2.26 bits per heavy atom. The van der Waals surface area contributed by atoms with E-state index in [9.17, 15) is 0 Å². The van der Waals surface area contributed by atoms with E-state index in [1.807, 2.05) is 36.0 Å². The van der Waals surface area contributed by atoms with Crippen molar-refractivity contribution in [2.24, 2.45) is 5.92 Å². The van der Waals surface area contributed by atoms with Crippen LogP contribution in [0.15, 0.2) is 71.6 Å². The molecule has 144 valence electrons. The SMILES string of the molecule is CCC=CC(CCCCCCSc1ccccc1)C1Oc2ccccc2O1. The minimum Gasteiger partial charge on any atom is -0.450 e. The molecule has 1 atom stereocenters. The molecule has 2 aromatic carbocycles. The number of thioether (sulfide) groups is 1. The highest BCUT2D eigenvalue weighted by Gasteiger charge is 2.29. The number of ether oxygens (including phenoxy) is 2. The van der Waals surface area contributed by atoms with E-state index in [0.717, 1.165) is 24.3 Å². The summed E-state index contributed by atoms with van der Waals surface area (Å²) >= 11 is 1.96. The maximum atomic E-state index is 6.03. The van der Waals surface area contributed by atoms with Crippen LogP contribution in [0.4, 0.5) is 0 Å². The highest BCUT2D eigenvalue weighted by Crippen LogP contribution is 2.37. The zero-order valence-electron chi connectivity index (χ0n) is 16.2. The van der Waals surface area contributed by atoms with E-state index >= 15 is 0 Å². The maximum absolute atomic E-state index is 6.03. The van der Waals surface area contributed by atoms with Gasteiger partial charge in [0.25, 0.3) is 0 Å². The van der Waals surface area contributed by atoms with E-state index < -0.39 is 0 Å². The van der Waals surface area contributed by atoms with Gasteiger partial charge in [-0.15, -0.1) is 11.8 Å². The van der Waals surface area contributed by atoms with E-state index in [1.54, 1.807) is 0 Å². The lowest BCUT2D eigenvalue weighted by Gasteiger charge is -2.19. The molecular weight excluding hydrogens is 352 g/mol. The Hall–Kier alpha value is -1.87. The molecule has 0 spiro atoms. The molecule has 0 aromatic heterocycles. The van der Waals surface area contributed by atoms with Crippen LogP contribution in [-0.4, -0.2) is 12.0 Å². The molecule has 1 unspecified atom stereocenters. The molecule has 3 rings (SSSR count). The first-order chi connectivity index (χ1) is 13.4. The number of rotatable bonds is 11. The van der Waals surface area contributed by atoms with Crippen LogP contribution in [0, 0.1) is 5.92 Å². The maximum Gasteiger partial charge on any atom is 0.247 e. The number of para-hydroxylation sites is 2. The Bertz CT molecular complexity index is 674. The number of fused-ring (bicyclic) bond motifs is 1. The normalized spacial score (nSPS) is 14.7. The van der Waals surface area contributed by atoms with Crippen LogP contribution in [-0.2, 0) is 0 Å². The van der Waals surface area contributed by atoms with Crippen molar-refractivity contribution in [2.75, 3.05) is 5.75 Å². The molecule has 0 N–H and O–H groups in total. The highest BCUT2D eigenvalue weighted by atomic mass is 32.2. The predicted molar refractivity (Wildman–Crippen MR) is 115 cm³/mol. The van der Waals surface area contributed by atoms with Crippen LogP contribution in [0.2, 0.25) is 0 Å². The van der Waals surface area contributed by atoms with E-state index in [2.05, 4.69) is 49.4 Å². The molecule has 3 heteroatoms. The van der Waals surface area contributed by atoms with Crippen LogP contribution < -0.4 is 9.47 Å². The van der Waals surface area contributed by atoms with Crippen molar-refractivity contribution in [3.63, 3.8) is 0 Å². The third-order valence-electron chi connectivity index (χ3n) is 4.75. The van der Waals surface area contributed by atoms with Gasteiger partial charge in [-0.2, -0.15) is 0 Å². The van der Waals surface area contributed by atoms with Crippen molar-refractivity contribution in [3.05, 3.63) is 66.7 Å². The molecule has 2 nitrogen and oxygen atoms in total. The molecule has 0 bridgehead atoms. The molecule has 1 aliphatic heterocycles. The molecule has 0 aliphatic carbocycles. The van der Waals surface area contributed by atoms with Gasteiger partial charge in [-0.05, 0) is 49.3 Å². The monoisotopic (exact) mass is 382 g/mol. The highest BCUT2D eigenvalue weighted by molar-refractivity contribution is 7.99. The van der Waals surface area contributed by atoms with Crippen LogP contribution in [0.3, 0.4) is 0 Å². The lowest BCUT2D eigenvalue weighted by atomic mass is 9.99. The largest absolute Gasteiger partial charge is 0.450 e. The van der Waals surface area contributed by atoms with Crippen molar-refractivity contribution in [3.8, 4) is 11.5 Å². The molecule has 2 aromatic rings. The summed E-state index contributed by atoms with van der Waals surface area (Å²) in [6, 6.07) is 18.6. The Morgan fingerprint density at radius 2 is 1.56 bits per heavy atom. The van der Waals surface area contributed by atoms with Crippen LogP contribution in [0.5, 0.6) is 11.5 Å². The van der Waals surface area contributed by atoms with Gasteiger partial charge < -0.3 is 9.47 Å². The number of allylic oxidation sites excluding steroid dienone is 1. The van der Waals surface area contributed by atoms with Crippen molar-refractivity contribution < 1.29 is 9.47 Å². The molecule has 0 saturated carbocycles. The third kappa shape index (κ3) is 6.35.